The Labute approximate surface area is 139 Å². The number of nitrogens with one attached hydrogen (secondary N) is 1. The van der Waals surface area contributed by atoms with Crippen molar-refractivity contribution in [1.29, 1.82) is 0 Å². The van der Waals surface area contributed by atoms with E-state index >= 15 is 0 Å². The van der Waals surface area contributed by atoms with Crippen molar-refractivity contribution in [2.45, 2.75) is 6.42 Å². The molecule has 4 heteroatoms. The second-order valence-electron chi connectivity index (χ2n) is 5.45. The largest absolute Gasteiger partial charge is 0.461 e. The van der Waals surface area contributed by atoms with Gasteiger partial charge >= 0.3 is 5.97 Å². The van der Waals surface area contributed by atoms with Crippen LogP contribution < -0.4 is 0 Å². The quantitative estimate of drug-likeness (QED) is 0.428. The summed E-state index contributed by atoms with van der Waals surface area (Å²) in [6.07, 6.45) is 1.72. The van der Waals surface area contributed by atoms with E-state index in [1.54, 1.807) is 12.1 Å². The van der Waals surface area contributed by atoms with Gasteiger partial charge in [0.2, 0.25) is 5.78 Å². The Morgan fingerprint density at radius 2 is 1.88 bits per heavy atom. The molecule has 0 amide bonds. The topological polar surface area (TPSA) is 59.2 Å². The van der Waals surface area contributed by atoms with Gasteiger partial charge in [0.25, 0.3) is 0 Å². The molecule has 120 valence electrons. The Kier molecular flexibility index (Phi) is 4.57. The number of benzene rings is 2. The molecule has 24 heavy (non-hydrogen) atoms. The second kappa shape index (κ2) is 6.96. The molecule has 1 N–H and O–H groups in total. The number of ketones is 1. The molecule has 0 unspecified atom stereocenters. The zero-order valence-corrected chi connectivity index (χ0v) is 13.1. The number of H-pyrrole nitrogens is 1. The second-order valence-corrected chi connectivity index (χ2v) is 5.45. The molecule has 0 atom stereocenters. The fourth-order valence-electron chi connectivity index (χ4n) is 2.52. The Morgan fingerprint density at radius 3 is 2.62 bits per heavy atom. The van der Waals surface area contributed by atoms with Crippen LogP contribution in [0.25, 0.3) is 10.9 Å². The van der Waals surface area contributed by atoms with Gasteiger partial charge in [-0.15, -0.1) is 0 Å². The van der Waals surface area contributed by atoms with Crippen LogP contribution in [0.1, 0.15) is 21.6 Å². The third kappa shape index (κ3) is 3.43. The summed E-state index contributed by atoms with van der Waals surface area (Å²) in [6, 6.07) is 16.6. The average molecular weight is 319 g/mol. The van der Waals surface area contributed by atoms with Crippen LogP contribution >= 0.6 is 0 Å². The van der Waals surface area contributed by atoms with Crippen LogP contribution in [0.2, 0.25) is 0 Å². The number of hydrogen-bond donors (Lipinski definition) is 1. The van der Waals surface area contributed by atoms with E-state index in [4.69, 9.17) is 4.74 Å². The van der Waals surface area contributed by atoms with E-state index in [2.05, 4.69) is 11.6 Å². The predicted octanol–water partition coefficient (Wildman–Crippen LogP) is 3.67. The average Bonchev–Trinajstić information content (AvgIpc) is 3.03. The lowest BCUT2D eigenvalue weighted by Gasteiger charge is -2.02. The highest BCUT2D eigenvalue weighted by Gasteiger charge is 2.12. The van der Waals surface area contributed by atoms with Crippen molar-refractivity contribution < 1.29 is 14.3 Å². The Bertz CT molecular complexity index is 894. The molecule has 3 aromatic rings. The van der Waals surface area contributed by atoms with Gasteiger partial charge < -0.3 is 9.72 Å². The first-order valence-corrected chi connectivity index (χ1v) is 7.65. The summed E-state index contributed by atoms with van der Waals surface area (Å²) in [5, 5.41) is 0.928. The van der Waals surface area contributed by atoms with E-state index < -0.39 is 0 Å². The maximum absolute atomic E-state index is 12.5. The first-order chi connectivity index (χ1) is 11.7. The van der Waals surface area contributed by atoms with E-state index in [-0.39, 0.29) is 24.8 Å². The van der Waals surface area contributed by atoms with Crippen molar-refractivity contribution >= 4 is 22.7 Å². The molecule has 2 aromatic carbocycles. The van der Waals surface area contributed by atoms with Crippen LogP contribution in [-0.2, 0) is 16.0 Å². The van der Waals surface area contributed by atoms with Gasteiger partial charge in [-0.1, -0.05) is 55.1 Å². The molecule has 4 nitrogen and oxygen atoms in total. The maximum Gasteiger partial charge on any atom is 0.310 e. The van der Waals surface area contributed by atoms with Gasteiger partial charge in [-0.2, -0.15) is 0 Å². The lowest BCUT2D eigenvalue weighted by Crippen LogP contribution is -2.07. The predicted molar refractivity (Wildman–Crippen MR) is 93.0 cm³/mol. The SMILES string of the molecule is C=CCOC(=O)Cc1ccc2cc(C(=O)c3ccccc3)[nH]c2c1. The lowest BCUT2D eigenvalue weighted by atomic mass is 10.1. The molecule has 0 aliphatic heterocycles. The van der Waals surface area contributed by atoms with Crippen molar-refractivity contribution in [1.82, 2.24) is 4.98 Å². The van der Waals surface area contributed by atoms with E-state index in [1.807, 2.05) is 42.5 Å². The van der Waals surface area contributed by atoms with Crippen LogP contribution in [0.3, 0.4) is 0 Å². The van der Waals surface area contributed by atoms with Crippen molar-refractivity contribution in [3.63, 3.8) is 0 Å². The number of carbonyl (C=O) groups is 2. The highest BCUT2D eigenvalue weighted by atomic mass is 16.5. The molecule has 0 aliphatic carbocycles. The molecule has 0 saturated heterocycles. The molecule has 0 radical (unpaired) electrons. The third-order valence-electron chi connectivity index (χ3n) is 3.68. The molecule has 0 aliphatic rings. The molecule has 0 bridgehead atoms. The normalized spacial score (nSPS) is 10.5. The Balaban J connectivity index is 1.82. The molecule has 1 heterocycles. The number of esters is 1. The minimum Gasteiger partial charge on any atom is -0.461 e. The lowest BCUT2D eigenvalue weighted by molar-refractivity contribution is -0.141. The van der Waals surface area contributed by atoms with Gasteiger partial charge in [0.15, 0.2) is 0 Å². The van der Waals surface area contributed by atoms with Gasteiger partial charge in [-0.25, -0.2) is 0 Å². The Hall–Kier alpha value is -3.14. The smallest absolute Gasteiger partial charge is 0.310 e. The van der Waals surface area contributed by atoms with E-state index in [1.165, 1.54) is 6.08 Å². The van der Waals surface area contributed by atoms with Gasteiger partial charge in [0.05, 0.1) is 12.1 Å². The Morgan fingerprint density at radius 1 is 1.08 bits per heavy atom. The first-order valence-electron chi connectivity index (χ1n) is 7.65. The zero-order valence-electron chi connectivity index (χ0n) is 13.1. The number of aromatic nitrogens is 1. The van der Waals surface area contributed by atoms with Crippen LogP contribution in [0, 0.1) is 0 Å². The summed E-state index contributed by atoms with van der Waals surface area (Å²) in [6.45, 7) is 3.72. The number of aromatic amines is 1. The third-order valence-corrected chi connectivity index (χ3v) is 3.68. The summed E-state index contributed by atoms with van der Waals surface area (Å²) in [5.41, 5.74) is 2.82. The van der Waals surface area contributed by atoms with Crippen molar-refractivity contribution in [2.75, 3.05) is 6.61 Å². The van der Waals surface area contributed by atoms with Crippen LogP contribution in [-0.4, -0.2) is 23.3 Å². The number of fused-ring (bicyclic) bond motifs is 1. The highest BCUT2D eigenvalue weighted by Crippen LogP contribution is 2.20. The van der Waals surface area contributed by atoms with Crippen molar-refractivity contribution in [2.24, 2.45) is 0 Å². The molecule has 0 saturated carbocycles. The summed E-state index contributed by atoms with van der Waals surface area (Å²) in [4.78, 5) is 27.3. The fourth-order valence-corrected chi connectivity index (χ4v) is 2.52. The summed E-state index contributed by atoms with van der Waals surface area (Å²) in [5.74, 6) is -0.361. The first kappa shape index (κ1) is 15.7. The molecule has 1 aromatic heterocycles. The van der Waals surface area contributed by atoms with E-state index in [0.717, 1.165) is 16.5 Å². The number of carbonyl (C=O) groups excluding carboxylic acids is 2. The van der Waals surface area contributed by atoms with Crippen molar-refractivity contribution in [3.8, 4) is 0 Å². The van der Waals surface area contributed by atoms with E-state index in [9.17, 15) is 9.59 Å². The standard InChI is InChI=1S/C20H17NO3/c1-2-10-24-19(22)12-14-8-9-16-13-18(21-17(16)11-14)20(23)15-6-4-3-5-7-15/h2-9,11,13,21H,1,10,12H2. The van der Waals surface area contributed by atoms with Gasteiger partial charge in [0, 0.05) is 16.5 Å². The molecular weight excluding hydrogens is 302 g/mol. The maximum atomic E-state index is 12.5. The van der Waals surface area contributed by atoms with Gasteiger partial charge in [-0.3, -0.25) is 9.59 Å². The van der Waals surface area contributed by atoms with Crippen molar-refractivity contribution in [3.05, 3.63) is 84.1 Å². The minimum atomic E-state index is -0.304. The summed E-state index contributed by atoms with van der Waals surface area (Å²) < 4.78 is 4.99. The number of ether oxygens (including phenoxy) is 1. The summed E-state index contributed by atoms with van der Waals surface area (Å²) in [7, 11) is 0. The number of rotatable bonds is 6. The van der Waals surface area contributed by atoms with E-state index in [0.29, 0.717) is 11.3 Å². The highest BCUT2D eigenvalue weighted by molar-refractivity contribution is 6.10. The zero-order chi connectivity index (χ0) is 16.9. The van der Waals surface area contributed by atoms with Crippen LogP contribution in [0.15, 0.2) is 67.3 Å². The summed E-state index contributed by atoms with van der Waals surface area (Å²) >= 11 is 0. The molecule has 0 spiro atoms. The van der Waals surface area contributed by atoms with Crippen LogP contribution in [0.5, 0.6) is 0 Å². The number of hydrogen-bond acceptors (Lipinski definition) is 3. The molecular formula is C20H17NO3. The van der Waals surface area contributed by atoms with Gasteiger partial charge in [0.1, 0.15) is 6.61 Å². The monoisotopic (exact) mass is 319 g/mol. The minimum absolute atomic E-state index is 0.0567. The van der Waals surface area contributed by atoms with Gasteiger partial charge in [-0.05, 0) is 17.7 Å². The molecule has 3 rings (SSSR count). The van der Waals surface area contributed by atoms with Crippen LogP contribution in [0.4, 0.5) is 0 Å². The molecule has 0 fully saturated rings. The fraction of sp³-hybridized carbons (Fsp3) is 0.100.